The molecule has 2 nitrogen and oxygen atoms in total. The predicted molar refractivity (Wildman–Crippen MR) is 78.5 cm³/mol. The van der Waals surface area contributed by atoms with Crippen LogP contribution >= 0.6 is 15.9 Å². The largest absolute Gasteiger partial charge is 0.382 e. The molecular formula is C15H19BrN2. The van der Waals surface area contributed by atoms with Gasteiger partial charge in [-0.2, -0.15) is 5.26 Å². The number of benzene rings is 1. The van der Waals surface area contributed by atoms with E-state index in [1.165, 1.54) is 32.1 Å². The summed E-state index contributed by atoms with van der Waals surface area (Å²) in [5, 5.41) is 12.6. The van der Waals surface area contributed by atoms with Crippen molar-refractivity contribution in [1.82, 2.24) is 0 Å². The summed E-state index contributed by atoms with van der Waals surface area (Å²) in [6.07, 6.45) is 6.54. The number of halogens is 1. The SMILES string of the molecule is CC1CCCCCC1Nc1cc(Br)cc(C#N)c1. The molecule has 1 aliphatic rings. The van der Waals surface area contributed by atoms with E-state index in [1.807, 2.05) is 12.1 Å². The molecule has 0 radical (unpaired) electrons. The zero-order valence-corrected chi connectivity index (χ0v) is 12.3. The summed E-state index contributed by atoms with van der Waals surface area (Å²) in [5.74, 6) is 0.706. The van der Waals surface area contributed by atoms with Crippen LogP contribution in [0.5, 0.6) is 0 Å². The highest BCUT2D eigenvalue weighted by Crippen LogP contribution is 2.27. The molecule has 0 bridgehead atoms. The molecular weight excluding hydrogens is 288 g/mol. The number of nitriles is 1. The number of nitrogens with one attached hydrogen (secondary N) is 1. The van der Waals surface area contributed by atoms with Crippen LogP contribution in [-0.2, 0) is 0 Å². The molecule has 0 spiro atoms. The molecule has 1 fully saturated rings. The van der Waals surface area contributed by atoms with Crippen LogP contribution in [0, 0.1) is 17.2 Å². The first kappa shape index (κ1) is 13.4. The molecule has 0 aliphatic heterocycles. The molecule has 0 aromatic heterocycles. The summed E-state index contributed by atoms with van der Waals surface area (Å²) in [5.41, 5.74) is 1.76. The van der Waals surface area contributed by atoms with Gasteiger partial charge in [0.05, 0.1) is 11.6 Å². The van der Waals surface area contributed by atoms with Crippen molar-refractivity contribution >= 4 is 21.6 Å². The second kappa shape index (κ2) is 6.24. The maximum absolute atomic E-state index is 8.99. The fourth-order valence-electron chi connectivity index (χ4n) is 2.66. The Labute approximate surface area is 118 Å². The molecule has 3 heteroatoms. The van der Waals surface area contributed by atoms with Crippen LogP contribution in [-0.4, -0.2) is 6.04 Å². The lowest BCUT2D eigenvalue weighted by Crippen LogP contribution is -2.26. The highest BCUT2D eigenvalue weighted by molar-refractivity contribution is 9.10. The Morgan fingerprint density at radius 1 is 1.22 bits per heavy atom. The molecule has 1 aliphatic carbocycles. The Morgan fingerprint density at radius 2 is 2.00 bits per heavy atom. The lowest BCUT2D eigenvalue weighted by atomic mass is 9.96. The van der Waals surface area contributed by atoms with Gasteiger partial charge in [0.15, 0.2) is 0 Å². The number of rotatable bonds is 2. The summed E-state index contributed by atoms with van der Waals surface area (Å²) < 4.78 is 0.963. The minimum absolute atomic E-state index is 0.536. The van der Waals surface area contributed by atoms with Crippen molar-refractivity contribution in [2.45, 2.75) is 45.1 Å². The Morgan fingerprint density at radius 3 is 2.78 bits per heavy atom. The molecule has 2 atom stereocenters. The van der Waals surface area contributed by atoms with E-state index in [0.29, 0.717) is 17.5 Å². The molecule has 1 saturated carbocycles. The van der Waals surface area contributed by atoms with Crippen LogP contribution in [0.25, 0.3) is 0 Å². The zero-order valence-electron chi connectivity index (χ0n) is 10.7. The van der Waals surface area contributed by atoms with Gasteiger partial charge in [-0.15, -0.1) is 0 Å². The lowest BCUT2D eigenvalue weighted by Gasteiger charge is -2.24. The molecule has 1 aromatic rings. The van der Waals surface area contributed by atoms with Crippen LogP contribution < -0.4 is 5.32 Å². The third kappa shape index (κ3) is 3.49. The summed E-state index contributed by atoms with van der Waals surface area (Å²) in [6, 6.07) is 8.57. The van der Waals surface area contributed by atoms with Gasteiger partial charge in [0.2, 0.25) is 0 Å². The molecule has 2 unspecified atom stereocenters. The Kier molecular flexibility index (Phi) is 4.66. The van der Waals surface area contributed by atoms with E-state index in [9.17, 15) is 0 Å². The van der Waals surface area contributed by atoms with E-state index in [1.54, 1.807) is 0 Å². The molecule has 18 heavy (non-hydrogen) atoms. The van der Waals surface area contributed by atoms with Gasteiger partial charge in [-0.05, 0) is 37.0 Å². The standard InChI is InChI=1S/C15H19BrN2/c1-11-5-3-2-4-6-15(11)18-14-8-12(10-17)7-13(16)9-14/h7-9,11,15,18H,2-6H2,1H3. The van der Waals surface area contributed by atoms with Crippen LogP contribution in [0.15, 0.2) is 22.7 Å². The summed E-state index contributed by atoms with van der Waals surface area (Å²) in [6.45, 7) is 2.33. The second-order valence-corrected chi connectivity index (χ2v) is 6.12. The van der Waals surface area contributed by atoms with Gasteiger partial charge in [-0.1, -0.05) is 42.1 Å². The Hall–Kier alpha value is -1.01. The lowest BCUT2D eigenvalue weighted by molar-refractivity contribution is 0.456. The van der Waals surface area contributed by atoms with Gasteiger partial charge in [-0.3, -0.25) is 0 Å². The second-order valence-electron chi connectivity index (χ2n) is 5.21. The van der Waals surface area contributed by atoms with Gasteiger partial charge in [0, 0.05) is 16.2 Å². The molecule has 1 N–H and O–H groups in total. The van der Waals surface area contributed by atoms with Crippen LogP contribution in [0.3, 0.4) is 0 Å². The number of hydrogen-bond acceptors (Lipinski definition) is 2. The topological polar surface area (TPSA) is 35.8 Å². The Balaban J connectivity index is 2.12. The fraction of sp³-hybridized carbons (Fsp3) is 0.533. The van der Waals surface area contributed by atoms with E-state index in [2.05, 4.69) is 40.3 Å². The average molecular weight is 307 g/mol. The predicted octanol–water partition coefficient (Wildman–Crippen LogP) is 4.70. The number of nitrogens with zero attached hydrogens (tertiary/aromatic N) is 1. The van der Waals surface area contributed by atoms with Crippen molar-refractivity contribution in [3.63, 3.8) is 0 Å². The van der Waals surface area contributed by atoms with Gasteiger partial charge >= 0.3 is 0 Å². The quantitative estimate of drug-likeness (QED) is 0.804. The van der Waals surface area contributed by atoms with Crippen molar-refractivity contribution in [3.8, 4) is 6.07 Å². The average Bonchev–Trinajstić information content (AvgIpc) is 2.54. The van der Waals surface area contributed by atoms with E-state index in [0.717, 1.165) is 10.2 Å². The summed E-state index contributed by atoms with van der Waals surface area (Å²) in [4.78, 5) is 0. The third-order valence-corrected chi connectivity index (χ3v) is 4.20. The van der Waals surface area contributed by atoms with E-state index in [-0.39, 0.29) is 0 Å². The van der Waals surface area contributed by atoms with E-state index in [4.69, 9.17) is 5.26 Å². The van der Waals surface area contributed by atoms with E-state index < -0.39 is 0 Å². The summed E-state index contributed by atoms with van der Waals surface area (Å²) in [7, 11) is 0. The molecule has 0 amide bonds. The van der Waals surface area contributed by atoms with Gasteiger partial charge in [0.25, 0.3) is 0 Å². The first-order valence-corrected chi connectivity index (χ1v) is 7.45. The van der Waals surface area contributed by atoms with Gasteiger partial charge in [-0.25, -0.2) is 0 Å². The van der Waals surface area contributed by atoms with Crippen LogP contribution in [0.4, 0.5) is 5.69 Å². The van der Waals surface area contributed by atoms with Gasteiger partial charge < -0.3 is 5.32 Å². The van der Waals surface area contributed by atoms with Crippen LogP contribution in [0.1, 0.15) is 44.6 Å². The molecule has 2 rings (SSSR count). The fourth-order valence-corrected chi connectivity index (χ4v) is 3.15. The highest BCUT2D eigenvalue weighted by Gasteiger charge is 2.19. The number of hydrogen-bond donors (Lipinski definition) is 1. The monoisotopic (exact) mass is 306 g/mol. The maximum Gasteiger partial charge on any atom is 0.0992 e. The van der Waals surface area contributed by atoms with Gasteiger partial charge in [0.1, 0.15) is 0 Å². The highest BCUT2D eigenvalue weighted by atomic mass is 79.9. The van der Waals surface area contributed by atoms with Crippen molar-refractivity contribution in [2.24, 2.45) is 5.92 Å². The smallest absolute Gasteiger partial charge is 0.0992 e. The Bertz CT molecular complexity index is 450. The minimum atomic E-state index is 0.536. The van der Waals surface area contributed by atoms with E-state index >= 15 is 0 Å². The van der Waals surface area contributed by atoms with Crippen molar-refractivity contribution < 1.29 is 0 Å². The van der Waals surface area contributed by atoms with Crippen molar-refractivity contribution in [1.29, 1.82) is 5.26 Å². The normalized spacial score (nSPS) is 24.1. The first-order chi connectivity index (χ1) is 8.69. The molecule has 1 aromatic carbocycles. The van der Waals surface area contributed by atoms with Crippen molar-refractivity contribution in [2.75, 3.05) is 5.32 Å². The molecule has 96 valence electrons. The molecule has 0 saturated heterocycles. The number of anilines is 1. The maximum atomic E-state index is 8.99. The minimum Gasteiger partial charge on any atom is -0.382 e. The van der Waals surface area contributed by atoms with Crippen molar-refractivity contribution in [3.05, 3.63) is 28.2 Å². The third-order valence-electron chi connectivity index (χ3n) is 3.74. The zero-order chi connectivity index (χ0) is 13.0. The first-order valence-electron chi connectivity index (χ1n) is 6.66. The van der Waals surface area contributed by atoms with Crippen LogP contribution in [0.2, 0.25) is 0 Å². The summed E-state index contributed by atoms with van der Waals surface area (Å²) >= 11 is 3.46. The molecule has 0 heterocycles.